The van der Waals surface area contributed by atoms with Crippen LogP contribution in [-0.2, 0) is 13.1 Å². The lowest BCUT2D eigenvalue weighted by Gasteiger charge is -2.04. The molecule has 0 atom stereocenters. The molecule has 0 spiro atoms. The van der Waals surface area contributed by atoms with Gasteiger partial charge in [-0.05, 0) is 23.3 Å². The average molecular weight is 350 g/mol. The van der Waals surface area contributed by atoms with E-state index in [2.05, 4.69) is 10.6 Å². The Labute approximate surface area is 150 Å². The Kier molecular flexibility index (Phi) is 5.59. The molecule has 1 heterocycles. The van der Waals surface area contributed by atoms with E-state index in [4.69, 9.17) is 0 Å². The molecule has 2 amide bonds. The third kappa shape index (κ3) is 4.78. The average Bonchev–Trinajstić information content (AvgIpc) is 3.16. The Morgan fingerprint density at radius 3 is 1.44 bits per heavy atom. The van der Waals surface area contributed by atoms with Crippen LogP contribution >= 0.6 is 11.3 Å². The van der Waals surface area contributed by atoms with Gasteiger partial charge in [-0.2, -0.15) is 0 Å². The second-order valence-corrected chi connectivity index (χ2v) is 6.58. The molecule has 0 unspecified atom stereocenters. The monoisotopic (exact) mass is 350 g/mol. The fraction of sp³-hybridized carbons (Fsp3) is 0.100. The van der Waals surface area contributed by atoms with E-state index in [9.17, 15) is 9.59 Å². The van der Waals surface area contributed by atoms with Crippen molar-refractivity contribution in [3.63, 3.8) is 0 Å². The minimum Gasteiger partial charge on any atom is -0.347 e. The second kappa shape index (κ2) is 8.26. The summed E-state index contributed by atoms with van der Waals surface area (Å²) in [5.41, 5.74) is 2.07. The third-order valence-corrected chi connectivity index (χ3v) is 4.73. The van der Waals surface area contributed by atoms with Crippen molar-refractivity contribution in [3.8, 4) is 0 Å². The zero-order valence-corrected chi connectivity index (χ0v) is 14.4. The minimum absolute atomic E-state index is 0.170. The van der Waals surface area contributed by atoms with E-state index in [0.717, 1.165) is 11.1 Å². The van der Waals surface area contributed by atoms with Crippen LogP contribution in [0.3, 0.4) is 0 Å². The van der Waals surface area contributed by atoms with Crippen LogP contribution in [-0.4, -0.2) is 11.8 Å². The van der Waals surface area contributed by atoms with E-state index in [0.29, 0.717) is 22.8 Å². The summed E-state index contributed by atoms with van der Waals surface area (Å²) in [7, 11) is 0. The Morgan fingerprint density at radius 2 is 1.04 bits per heavy atom. The smallest absolute Gasteiger partial charge is 0.261 e. The maximum absolute atomic E-state index is 12.2. The van der Waals surface area contributed by atoms with Crippen LogP contribution in [0.1, 0.15) is 30.5 Å². The summed E-state index contributed by atoms with van der Waals surface area (Å²) < 4.78 is 0. The Balaban J connectivity index is 1.54. The Bertz CT molecular complexity index is 774. The van der Waals surface area contributed by atoms with E-state index in [1.807, 2.05) is 60.7 Å². The molecule has 2 aromatic carbocycles. The number of amides is 2. The van der Waals surface area contributed by atoms with Gasteiger partial charge in [-0.25, -0.2) is 0 Å². The first-order valence-electron chi connectivity index (χ1n) is 7.96. The van der Waals surface area contributed by atoms with E-state index in [-0.39, 0.29) is 11.8 Å². The van der Waals surface area contributed by atoms with Gasteiger partial charge >= 0.3 is 0 Å². The fourth-order valence-corrected chi connectivity index (χ4v) is 3.15. The summed E-state index contributed by atoms with van der Waals surface area (Å²) in [5.74, 6) is -0.341. The predicted octanol–water partition coefficient (Wildman–Crippen LogP) is 3.61. The molecule has 0 saturated heterocycles. The number of nitrogens with one attached hydrogen (secondary N) is 2. The summed E-state index contributed by atoms with van der Waals surface area (Å²) >= 11 is 1.20. The Morgan fingerprint density at radius 1 is 0.640 bits per heavy atom. The molecular weight excluding hydrogens is 332 g/mol. The molecule has 3 aromatic rings. The highest BCUT2D eigenvalue weighted by Gasteiger charge is 2.13. The van der Waals surface area contributed by atoms with Crippen LogP contribution in [0.25, 0.3) is 0 Å². The zero-order chi connectivity index (χ0) is 17.5. The number of thiophene rings is 1. The Hall–Kier alpha value is -2.92. The number of hydrogen-bond donors (Lipinski definition) is 2. The van der Waals surface area contributed by atoms with Crippen LogP contribution in [0.4, 0.5) is 0 Å². The first-order chi connectivity index (χ1) is 12.2. The fourth-order valence-electron chi connectivity index (χ4n) is 2.31. The highest BCUT2D eigenvalue weighted by Crippen LogP contribution is 2.16. The molecule has 0 aliphatic heterocycles. The summed E-state index contributed by atoms with van der Waals surface area (Å²) in [5, 5.41) is 5.73. The number of hydrogen-bond acceptors (Lipinski definition) is 3. The lowest BCUT2D eigenvalue weighted by Crippen LogP contribution is -2.22. The predicted molar refractivity (Wildman–Crippen MR) is 99.5 cm³/mol. The first kappa shape index (κ1) is 16.9. The molecule has 2 N–H and O–H groups in total. The van der Waals surface area contributed by atoms with Gasteiger partial charge in [-0.3, -0.25) is 9.59 Å². The number of rotatable bonds is 6. The quantitative estimate of drug-likeness (QED) is 0.713. The standard InChI is InChI=1S/C20H18N2O2S/c23-19(21-13-15-7-3-1-4-8-15)17-11-12-18(25-17)20(24)22-14-16-9-5-2-6-10-16/h1-12H,13-14H2,(H,21,23)(H,22,24). The molecule has 0 bridgehead atoms. The van der Waals surface area contributed by atoms with Crippen LogP contribution in [0.15, 0.2) is 72.8 Å². The normalized spacial score (nSPS) is 10.2. The van der Waals surface area contributed by atoms with Crippen molar-refractivity contribution in [2.45, 2.75) is 13.1 Å². The molecule has 3 rings (SSSR count). The van der Waals surface area contributed by atoms with Gasteiger partial charge in [-0.1, -0.05) is 60.7 Å². The first-order valence-corrected chi connectivity index (χ1v) is 8.78. The van der Waals surface area contributed by atoms with Gasteiger partial charge in [0.05, 0.1) is 9.75 Å². The summed E-state index contributed by atoms with van der Waals surface area (Å²) in [6.45, 7) is 0.931. The molecule has 0 fully saturated rings. The van der Waals surface area contributed by atoms with Crippen molar-refractivity contribution >= 4 is 23.2 Å². The van der Waals surface area contributed by atoms with Crippen molar-refractivity contribution in [1.82, 2.24) is 10.6 Å². The van der Waals surface area contributed by atoms with Gasteiger partial charge < -0.3 is 10.6 Å². The second-order valence-electron chi connectivity index (χ2n) is 5.50. The van der Waals surface area contributed by atoms with Crippen molar-refractivity contribution in [3.05, 3.63) is 93.7 Å². The maximum Gasteiger partial charge on any atom is 0.261 e. The highest BCUT2D eigenvalue weighted by atomic mass is 32.1. The van der Waals surface area contributed by atoms with Crippen LogP contribution < -0.4 is 10.6 Å². The van der Waals surface area contributed by atoms with Gasteiger partial charge in [0.1, 0.15) is 0 Å². The van der Waals surface area contributed by atoms with E-state index in [1.165, 1.54) is 11.3 Å². The van der Waals surface area contributed by atoms with E-state index < -0.39 is 0 Å². The summed E-state index contributed by atoms with van der Waals surface area (Å²) in [6, 6.07) is 22.8. The zero-order valence-electron chi connectivity index (χ0n) is 13.6. The van der Waals surface area contributed by atoms with Crippen LogP contribution in [0.2, 0.25) is 0 Å². The molecule has 4 nitrogen and oxygen atoms in total. The third-order valence-electron chi connectivity index (χ3n) is 3.65. The molecule has 5 heteroatoms. The van der Waals surface area contributed by atoms with Crippen LogP contribution in [0.5, 0.6) is 0 Å². The molecule has 126 valence electrons. The van der Waals surface area contributed by atoms with Crippen LogP contribution in [0, 0.1) is 0 Å². The summed E-state index contributed by atoms with van der Waals surface area (Å²) in [6.07, 6.45) is 0. The topological polar surface area (TPSA) is 58.2 Å². The molecule has 0 aliphatic carbocycles. The lowest BCUT2D eigenvalue weighted by molar-refractivity contribution is 0.0948. The largest absolute Gasteiger partial charge is 0.347 e. The molecule has 0 aliphatic rings. The lowest BCUT2D eigenvalue weighted by atomic mass is 10.2. The molecule has 1 aromatic heterocycles. The van der Waals surface area contributed by atoms with Crippen molar-refractivity contribution in [2.75, 3.05) is 0 Å². The van der Waals surface area contributed by atoms with Gasteiger partial charge in [0.2, 0.25) is 0 Å². The summed E-state index contributed by atoms with van der Waals surface area (Å²) in [4.78, 5) is 25.5. The molecule has 0 saturated carbocycles. The highest BCUT2D eigenvalue weighted by molar-refractivity contribution is 7.15. The minimum atomic E-state index is -0.170. The van der Waals surface area contributed by atoms with Gasteiger partial charge in [-0.15, -0.1) is 11.3 Å². The SMILES string of the molecule is O=C(NCc1ccccc1)c1ccc(C(=O)NCc2ccccc2)s1. The number of carbonyl (C=O) groups excluding carboxylic acids is 2. The maximum atomic E-state index is 12.2. The number of carbonyl (C=O) groups is 2. The number of benzene rings is 2. The van der Waals surface area contributed by atoms with Crippen molar-refractivity contribution in [1.29, 1.82) is 0 Å². The molecular formula is C20H18N2O2S. The van der Waals surface area contributed by atoms with Gasteiger partial charge in [0, 0.05) is 13.1 Å². The van der Waals surface area contributed by atoms with E-state index in [1.54, 1.807) is 12.1 Å². The van der Waals surface area contributed by atoms with E-state index >= 15 is 0 Å². The van der Waals surface area contributed by atoms with Crippen molar-refractivity contribution in [2.24, 2.45) is 0 Å². The molecule has 25 heavy (non-hydrogen) atoms. The van der Waals surface area contributed by atoms with Gasteiger partial charge in [0.25, 0.3) is 11.8 Å². The molecule has 0 radical (unpaired) electrons. The van der Waals surface area contributed by atoms with Crippen molar-refractivity contribution < 1.29 is 9.59 Å². The van der Waals surface area contributed by atoms with Gasteiger partial charge in [0.15, 0.2) is 0 Å².